The molecule has 27 heavy (non-hydrogen) atoms. The van der Waals surface area contributed by atoms with Gasteiger partial charge in [-0.2, -0.15) is 5.10 Å². The second-order valence-electron chi connectivity index (χ2n) is 6.71. The van der Waals surface area contributed by atoms with Crippen LogP contribution in [0.4, 0.5) is 0 Å². The molecular formula is C19H22ClN3O4. The van der Waals surface area contributed by atoms with Crippen molar-refractivity contribution in [3.05, 3.63) is 46.2 Å². The lowest BCUT2D eigenvalue weighted by molar-refractivity contribution is -0.134. The van der Waals surface area contributed by atoms with Gasteiger partial charge in [0, 0.05) is 18.1 Å². The Morgan fingerprint density at radius 2 is 2.00 bits per heavy atom. The van der Waals surface area contributed by atoms with E-state index in [1.54, 1.807) is 28.6 Å². The van der Waals surface area contributed by atoms with Crippen LogP contribution in [0.2, 0.25) is 5.02 Å². The average molecular weight is 392 g/mol. The number of amides is 1. The highest BCUT2D eigenvalue weighted by Gasteiger charge is 2.26. The molecule has 2 heterocycles. The first kappa shape index (κ1) is 19.2. The molecule has 2 aromatic rings. The van der Waals surface area contributed by atoms with Gasteiger partial charge < -0.3 is 14.7 Å². The summed E-state index contributed by atoms with van der Waals surface area (Å²) < 4.78 is 7.35. The molecule has 1 aliphatic heterocycles. The number of aromatic nitrogens is 2. The minimum atomic E-state index is -0.971. The van der Waals surface area contributed by atoms with Crippen LogP contribution in [0.1, 0.15) is 40.5 Å². The van der Waals surface area contributed by atoms with Gasteiger partial charge in [-0.3, -0.25) is 9.48 Å². The zero-order valence-electron chi connectivity index (χ0n) is 15.3. The Balaban J connectivity index is 1.53. The van der Waals surface area contributed by atoms with E-state index in [9.17, 15) is 9.59 Å². The lowest BCUT2D eigenvalue weighted by Crippen LogP contribution is -2.41. The summed E-state index contributed by atoms with van der Waals surface area (Å²) in [4.78, 5) is 25.3. The number of aromatic carboxylic acids is 1. The molecule has 0 bridgehead atoms. The first-order valence-corrected chi connectivity index (χ1v) is 9.18. The smallest absolute Gasteiger partial charge is 0.339 e. The third kappa shape index (κ3) is 4.24. The third-order valence-electron chi connectivity index (χ3n) is 4.93. The van der Waals surface area contributed by atoms with Crippen LogP contribution in [0.15, 0.2) is 24.4 Å². The molecule has 8 heteroatoms. The van der Waals surface area contributed by atoms with Crippen molar-refractivity contribution in [1.29, 1.82) is 0 Å². The van der Waals surface area contributed by atoms with Crippen molar-refractivity contribution in [2.45, 2.75) is 32.7 Å². The Labute approximate surface area is 162 Å². The standard InChI is InChI=1S/C19H22ClN3O4/c1-12-9-15(3-4-17(12)20)27-11-18(24)22-7-5-14(6-8-22)23-13(2)16(10-21-23)19(25)26/h3-4,9-10,14H,5-8,11H2,1-2H3,(H,25,26). The van der Waals surface area contributed by atoms with Gasteiger partial charge in [0.25, 0.3) is 5.91 Å². The maximum atomic E-state index is 12.4. The highest BCUT2D eigenvalue weighted by molar-refractivity contribution is 6.31. The summed E-state index contributed by atoms with van der Waals surface area (Å²) in [7, 11) is 0. The largest absolute Gasteiger partial charge is 0.484 e. The Hall–Kier alpha value is -2.54. The fraction of sp³-hybridized carbons (Fsp3) is 0.421. The Bertz CT molecular complexity index is 857. The number of aryl methyl sites for hydroxylation is 1. The summed E-state index contributed by atoms with van der Waals surface area (Å²) in [5.41, 5.74) is 1.77. The molecule has 0 unspecified atom stereocenters. The van der Waals surface area contributed by atoms with Gasteiger partial charge in [-0.25, -0.2) is 4.79 Å². The molecule has 0 spiro atoms. The van der Waals surface area contributed by atoms with Crippen LogP contribution >= 0.6 is 11.6 Å². The fourth-order valence-electron chi connectivity index (χ4n) is 3.30. The third-order valence-corrected chi connectivity index (χ3v) is 5.35. The summed E-state index contributed by atoms with van der Waals surface area (Å²) in [6.45, 7) is 4.81. The Kier molecular flexibility index (Phi) is 5.70. The number of hydrogen-bond donors (Lipinski definition) is 1. The van der Waals surface area contributed by atoms with Gasteiger partial charge in [0.1, 0.15) is 11.3 Å². The van der Waals surface area contributed by atoms with Crippen LogP contribution in [-0.4, -0.2) is 51.4 Å². The number of carboxylic acid groups (broad SMARTS) is 1. The molecular weight excluding hydrogens is 370 g/mol. The molecule has 0 atom stereocenters. The second-order valence-corrected chi connectivity index (χ2v) is 7.11. The predicted molar refractivity (Wildman–Crippen MR) is 100 cm³/mol. The van der Waals surface area contributed by atoms with E-state index in [2.05, 4.69) is 5.10 Å². The van der Waals surface area contributed by atoms with Gasteiger partial charge in [0.05, 0.1) is 17.9 Å². The fourth-order valence-corrected chi connectivity index (χ4v) is 3.42. The zero-order valence-corrected chi connectivity index (χ0v) is 16.1. The topological polar surface area (TPSA) is 84.7 Å². The number of benzene rings is 1. The quantitative estimate of drug-likeness (QED) is 0.846. The number of likely N-dealkylation sites (tertiary alicyclic amines) is 1. The molecule has 0 saturated carbocycles. The van der Waals surface area contributed by atoms with E-state index in [-0.39, 0.29) is 24.1 Å². The number of halogens is 1. The number of carboxylic acids is 1. The van der Waals surface area contributed by atoms with Gasteiger partial charge in [0.15, 0.2) is 6.61 Å². The highest BCUT2D eigenvalue weighted by Crippen LogP contribution is 2.25. The van der Waals surface area contributed by atoms with Crippen molar-refractivity contribution in [1.82, 2.24) is 14.7 Å². The average Bonchev–Trinajstić information content (AvgIpc) is 3.04. The molecule has 7 nitrogen and oxygen atoms in total. The predicted octanol–water partition coefficient (Wildman–Crippen LogP) is 3.09. The summed E-state index contributed by atoms with van der Waals surface area (Å²) in [6.07, 6.45) is 2.85. The van der Waals surface area contributed by atoms with E-state index >= 15 is 0 Å². The summed E-state index contributed by atoms with van der Waals surface area (Å²) in [5.74, 6) is -0.418. The maximum Gasteiger partial charge on any atom is 0.339 e. The number of piperidine rings is 1. The van der Waals surface area contributed by atoms with Gasteiger partial charge in [-0.15, -0.1) is 0 Å². The number of nitrogens with zero attached hydrogens (tertiary/aromatic N) is 3. The Morgan fingerprint density at radius 1 is 1.30 bits per heavy atom. The molecule has 3 rings (SSSR count). The first-order valence-electron chi connectivity index (χ1n) is 8.81. The molecule has 144 valence electrons. The Morgan fingerprint density at radius 3 is 2.59 bits per heavy atom. The first-order chi connectivity index (χ1) is 12.9. The lowest BCUT2D eigenvalue weighted by atomic mass is 10.0. The van der Waals surface area contributed by atoms with Crippen molar-refractivity contribution in [3.8, 4) is 5.75 Å². The van der Waals surface area contributed by atoms with E-state index in [4.69, 9.17) is 21.4 Å². The molecule has 1 fully saturated rings. The number of rotatable bonds is 5. The lowest BCUT2D eigenvalue weighted by Gasteiger charge is -2.32. The summed E-state index contributed by atoms with van der Waals surface area (Å²) in [5, 5.41) is 14.0. The summed E-state index contributed by atoms with van der Waals surface area (Å²) >= 11 is 5.99. The van der Waals surface area contributed by atoms with Crippen molar-refractivity contribution < 1.29 is 19.4 Å². The van der Waals surface area contributed by atoms with E-state index in [1.165, 1.54) is 6.20 Å². The molecule has 1 aromatic carbocycles. The van der Waals surface area contributed by atoms with Crippen LogP contribution in [0.3, 0.4) is 0 Å². The molecule has 1 saturated heterocycles. The molecule has 1 aromatic heterocycles. The monoisotopic (exact) mass is 391 g/mol. The van der Waals surface area contributed by atoms with Crippen LogP contribution in [0.25, 0.3) is 0 Å². The number of ether oxygens (including phenoxy) is 1. The van der Waals surface area contributed by atoms with Gasteiger partial charge in [-0.05, 0) is 50.5 Å². The highest BCUT2D eigenvalue weighted by atomic mass is 35.5. The van der Waals surface area contributed by atoms with E-state index in [0.29, 0.717) is 29.6 Å². The SMILES string of the molecule is Cc1cc(OCC(=O)N2CCC(n3ncc(C(=O)O)c3C)CC2)ccc1Cl. The molecule has 0 radical (unpaired) electrons. The minimum Gasteiger partial charge on any atom is -0.484 e. The van der Waals surface area contributed by atoms with Crippen LogP contribution in [0, 0.1) is 13.8 Å². The molecule has 1 N–H and O–H groups in total. The van der Waals surface area contributed by atoms with E-state index in [0.717, 1.165) is 18.4 Å². The van der Waals surface area contributed by atoms with E-state index < -0.39 is 5.97 Å². The second kappa shape index (κ2) is 8.00. The molecule has 0 aliphatic carbocycles. The van der Waals surface area contributed by atoms with Crippen molar-refractivity contribution in [3.63, 3.8) is 0 Å². The van der Waals surface area contributed by atoms with Crippen LogP contribution < -0.4 is 4.74 Å². The number of carbonyl (C=O) groups is 2. The number of hydrogen-bond acceptors (Lipinski definition) is 4. The molecule has 1 amide bonds. The normalized spacial score (nSPS) is 15.0. The van der Waals surface area contributed by atoms with Crippen molar-refractivity contribution >= 4 is 23.5 Å². The van der Waals surface area contributed by atoms with Crippen molar-refractivity contribution in [2.24, 2.45) is 0 Å². The van der Waals surface area contributed by atoms with Gasteiger partial charge >= 0.3 is 5.97 Å². The van der Waals surface area contributed by atoms with Crippen LogP contribution in [0.5, 0.6) is 5.75 Å². The van der Waals surface area contributed by atoms with Gasteiger partial charge in [0.2, 0.25) is 0 Å². The molecule has 1 aliphatic rings. The summed E-state index contributed by atoms with van der Waals surface area (Å²) in [6, 6.07) is 5.40. The van der Waals surface area contributed by atoms with E-state index in [1.807, 2.05) is 13.0 Å². The zero-order chi connectivity index (χ0) is 19.6. The number of carbonyl (C=O) groups excluding carboxylic acids is 1. The minimum absolute atomic E-state index is 0.0182. The van der Waals surface area contributed by atoms with Gasteiger partial charge in [-0.1, -0.05) is 11.6 Å². The maximum absolute atomic E-state index is 12.4. The van der Waals surface area contributed by atoms with Crippen LogP contribution in [-0.2, 0) is 4.79 Å². The van der Waals surface area contributed by atoms with Crippen molar-refractivity contribution in [2.75, 3.05) is 19.7 Å².